The molecule has 0 bridgehead atoms. The number of halogens is 1. The molecule has 0 fully saturated rings. The lowest BCUT2D eigenvalue weighted by Crippen LogP contribution is -2.43. The van der Waals surface area contributed by atoms with Gasteiger partial charge in [0.1, 0.15) is 23.4 Å². The molecule has 0 atom stereocenters. The molecule has 31 heavy (non-hydrogen) atoms. The summed E-state index contributed by atoms with van der Waals surface area (Å²) in [6.45, 7) is 11.5. The Morgan fingerprint density at radius 2 is 1.58 bits per heavy atom. The van der Waals surface area contributed by atoms with Gasteiger partial charge in [0.05, 0.1) is 37.1 Å². The van der Waals surface area contributed by atoms with Crippen LogP contribution >= 0.6 is 11.6 Å². The third-order valence-electron chi connectivity index (χ3n) is 5.82. The molecule has 3 rings (SSSR count). The Balaban J connectivity index is 2.08. The summed E-state index contributed by atoms with van der Waals surface area (Å²) in [5, 5.41) is 0.449. The summed E-state index contributed by atoms with van der Waals surface area (Å²) in [6, 6.07) is 11.7. The van der Waals surface area contributed by atoms with E-state index in [1.54, 1.807) is 20.4 Å². The number of rotatable bonds is 7. The van der Waals surface area contributed by atoms with Crippen molar-refractivity contribution in [2.75, 3.05) is 25.9 Å². The van der Waals surface area contributed by atoms with Crippen LogP contribution in [0, 0.1) is 0 Å². The van der Waals surface area contributed by atoms with Crippen LogP contribution in [0.4, 0.5) is 11.4 Å². The van der Waals surface area contributed by atoms with Gasteiger partial charge in [-0.1, -0.05) is 32.4 Å². The van der Waals surface area contributed by atoms with Gasteiger partial charge >= 0.3 is 0 Å². The zero-order chi connectivity index (χ0) is 22.8. The number of benzene rings is 2. The number of fused-ring (bicyclic) bond motifs is 1. The van der Waals surface area contributed by atoms with Crippen molar-refractivity contribution >= 4 is 42.3 Å². The van der Waals surface area contributed by atoms with Gasteiger partial charge in [-0.3, -0.25) is 4.98 Å². The van der Waals surface area contributed by atoms with E-state index in [2.05, 4.69) is 48.7 Å². The average Bonchev–Trinajstić information content (AvgIpc) is 2.72. The molecule has 6 nitrogen and oxygen atoms in total. The van der Waals surface area contributed by atoms with Crippen LogP contribution in [0.25, 0.3) is 11.0 Å². The van der Waals surface area contributed by atoms with Crippen LogP contribution in [0.5, 0.6) is 11.5 Å². The molecular formula is C23H30ClN3O3Si. The van der Waals surface area contributed by atoms with Crippen molar-refractivity contribution in [2.45, 2.75) is 38.9 Å². The van der Waals surface area contributed by atoms with Crippen molar-refractivity contribution in [3.63, 3.8) is 0 Å². The largest absolute Gasteiger partial charge is 0.497 e. The van der Waals surface area contributed by atoms with E-state index in [0.29, 0.717) is 23.4 Å². The Kier molecular flexibility index (Phi) is 6.78. The molecule has 3 aromatic rings. The Morgan fingerprint density at radius 1 is 0.935 bits per heavy atom. The van der Waals surface area contributed by atoms with Crippen molar-refractivity contribution in [3.05, 3.63) is 47.7 Å². The van der Waals surface area contributed by atoms with E-state index in [4.69, 9.17) is 25.5 Å². The molecule has 0 aliphatic heterocycles. The lowest BCUT2D eigenvalue weighted by Gasteiger charge is -2.38. The summed E-state index contributed by atoms with van der Waals surface area (Å²) in [5.74, 6) is 1.41. The minimum atomic E-state index is -1.99. The molecule has 1 heterocycles. The van der Waals surface area contributed by atoms with Gasteiger partial charge in [-0.2, -0.15) is 0 Å². The van der Waals surface area contributed by atoms with Crippen molar-refractivity contribution in [3.8, 4) is 11.5 Å². The minimum absolute atomic E-state index is 0.0904. The fourth-order valence-electron chi connectivity index (χ4n) is 2.83. The molecule has 0 saturated carbocycles. The van der Waals surface area contributed by atoms with Crippen LogP contribution in [-0.4, -0.2) is 39.2 Å². The first-order chi connectivity index (χ1) is 14.5. The lowest BCUT2D eigenvalue weighted by atomic mass is 10.2. The molecule has 0 N–H and O–H groups in total. The maximum atomic E-state index is 6.57. The highest BCUT2D eigenvalue weighted by molar-refractivity contribution is 6.74. The number of hydrogen-bond acceptors (Lipinski definition) is 6. The van der Waals surface area contributed by atoms with Crippen LogP contribution in [0.2, 0.25) is 23.3 Å². The zero-order valence-corrected chi connectivity index (χ0v) is 20.9. The van der Waals surface area contributed by atoms with Crippen LogP contribution in [0.15, 0.2) is 42.6 Å². The summed E-state index contributed by atoms with van der Waals surface area (Å²) in [4.78, 5) is 10.9. The highest BCUT2D eigenvalue weighted by atomic mass is 35.5. The number of ether oxygens (including phenoxy) is 2. The van der Waals surface area contributed by atoms with Gasteiger partial charge < -0.3 is 18.8 Å². The molecule has 0 aliphatic carbocycles. The van der Waals surface area contributed by atoms with Crippen molar-refractivity contribution in [1.29, 1.82) is 0 Å². The molecule has 166 valence electrons. The Bertz CT molecular complexity index is 1050. The van der Waals surface area contributed by atoms with Gasteiger partial charge in [0.15, 0.2) is 8.32 Å². The molecule has 0 unspecified atom stereocenters. The average molecular weight is 460 g/mol. The highest BCUT2D eigenvalue weighted by Gasteiger charge is 2.37. The number of aromatic nitrogens is 2. The maximum Gasteiger partial charge on any atom is 0.194 e. The highest BCUT2D eigenvalue weighted by Crippen LogP contribution is 2.39. The first-order valence-corrected chi connectivity index (χ1v) is 13.4. The molecule has 2 aromatic carbocycles. The second-order valence-electron chi connectivity index (χ2n) is 8.90. The number of anilines is 2. The summed E-state index contributed by atoms with van der Waals surface area (Å²) >= 11 is 6.08. The second-order valence-corrected chi connectivity index (χ2v) is 14.1. The molecule has 0 spiro atoms. The van der Waals surface area contributed by atoms with E-state index in [1.165, 1.54) is 0 Å². The topological polar surface area (TPSA) is 56.7 Å². The van der Waals surface area contributed by atoms with Gasteiger partial charge in [-0.05, 0) is 36.3 Å². The maximum absolute atomic E-state index is 6.57. The van der Waals surface area contributed by atoms with Crippen molar-refractivity contribution < 1.29 is 13.9 Å². The fourth-order valence-corrected chi connectivity index (χ4v) is 3.86. The van der Waals surface area contributed by atoms with Gasteiger partial charge in [0.2, 0.25) is 0 Å². The van der Waals surface area contributed by atoms with Gasteiger partial charge in [-0.25, -0.2) is 4.98 Å². The third kappa shape index (κ3) is 5.29. The van der Waals surface area contributed by atoms with Crippen LogP contribution in [0.1, 0.15) is 20.8 Å². The van der Waals surface area contributed by atoms with Gasteiger partial charge in [0, 0.05) is 23.9 Å². The summed E-state index contributed by atoms with van der Waals surface area (Å²) in [5.41, 5.74) is 3.31. The number of nitrogens with zero attached hydrogens (tertiary/aromatic N) is 3. The lowest BCUT2D eigenvalue weighted by molar-refractivity contribution is 0.296. The van der Waals surface area contributed by atoms with Crippen LogP contribution < -0.4 is 14.4 Å². The predicted molar refractivity (Wildman–Crippen MR) is 129 cm³/mol. The van der Waals surface area contributed by atoms with Gasteiger partial charge in [-0.15, -0.1) is 0 Å². The molecule has 1 aromatic heterocycles. The van der Waals surface area contributed by atoms with E-state index in [0.717, 1.165) is 22.4 Å². The molecule has 0 aliphatic rings. The first-order valence-electron chi connectivity index (χ1n) is 10.1. The van der Waals surface area contributed by atoms with E-state index in [9.17, 15) is 0 Å². The summed E-state index contributed by atoms with van der Waals surface area (Å²) in [7, 11) is 1.29. The number of hydrogen-bond donors (Lipinski definition) is 0. The smallest absolute Gasteiger partial charge is 0.194 e. The quantitative estimate of drug-likeness (QED) is 0.300. The summed E-state index contributed by atoms with van der Waals surface area (Å²) < 4.78 is 17.5. The minimum Gasteiger partial charge on any atom is -0.497 e. The molecule has 0 amide bonds. The monoisotopic (exact) mass is 459 g/mol. The second kappa shape index (κ2) is 9.02. The van der Waals surface area contributed by atoms with E-state index >= 15 is 0 Å². The van der Waals surface area contributed by atoms with E-state index < -0.39 is 8.32 Å². The van der Waals surface area contributed by atoms with E-state index in [1.807, 2.05) is 36.4 Å². The molecule has 0 saturated heterocycles. The van der Waals surface area contributed by atoms with Crippen LogP contribution in [0.3, 0.4) is 0 Å². The molecule has 0 radical (unpaired) electrons. The standard InChI is InChI=1S/C23H30ClN3O3Si/c1-23(2,3)31(6,7)30-15-27(17-10-18(28-4)13-19(11-17)29-5)16-8-9-20-21(12-16)26-22(24)14-25-20/h8-14H,15H2,1-7H3. The van der Waals surface area contributed by atoms with Gasteiger partial charge in [0.25, 0.3) is 0 Å². The number of methoxy groups -OCH3 is 2. The van der Waals surface area contributed by atoms with Crippen LogP contribution in [-0.2, 0) is 4.43 Å². The fraction of sp³-hybridized carbons (Fsp3) is 0.391. The normalized spacial score (nSPS) is 12.1. The van der Waals surface area contributed by atoms with Crippen molar-refractivity contribution in [1.82, 2.24) is 9.97 Å². The molecule has 8 heteroatoms. The molecular weight excluding hydrogens is 430 g/mol. The Morgan fingerprint density at radius 3 is 2.16 bits per heavy atom. The van der Waals surface area contributed by atoms with E-state index in [-0.39, 0.29) is 5.04 Å². The summed E-state index contributed by atoms with van der Waals surface area (Å²) in [6.07, 6.45) is 1.55. The van der Waals surface area contributed by atoms with Crippen molar-refractivity contribution in [2.24, 2.45) is 0 Å². The predicted octanol–water partition coefficient (Wildman–Crippen LogP) is 6.42. The first kappa shape index (κ1) is 23.3. The third-order valence-corrected chi connectivity index (χ3v) is 10.5. The Hall–Kier alpha value is -2.35. The zero-order valence-electron chi connectivity index (χ0n) is 19.2. The Labute approximate surface area is 190 Å². The SMILES string of the molecule is COc1cc(OC)cc(N(CO[Si](C)(C)C(C)(C)C)c2ccc3ncc(Cl)nc3c2)c1.